The van der Waals surface area contributed by atoms with Crippen LogP contribution in [0.4, 0.5) is 30.2 Å². The first kappa shape index (κ1) is 32.6. The maximum Gasteiger partial charge on any atom is 0.416 e. The van der Waals surface area contributed by atoms with E-state index in [2.05, 4.69) is 9.80 Å². The number of carbonyl (C=O) groups excluding carboxylic acids is 1. The minimum atomic E-state index is -4.38. The number of esters is 1. The molecule has 46 heavy (non-hydrogen) atoms. The minimum Gasteiger partial charge on any atom is -0.463 e. The zero-order valence-electron chi connectivity index (χ0n) is 25.6. The van der Waals surface area contributed by atoms with Gasteiger partial charge in [0.25, 0.3) is 0 Å². The number of piperazine rings is 1. The molecule has 1 saturated heterocycles. The third kappa shape index (κ3) is 7.60. The van der Waals surface area contributed by atoms with E-state index in [-0.39, 0.29) is 11.2 Å². The summed E-state index contributed by atoms with van der Waals surface area (Å²) in [4.78, 5) is 22.3. The van der Waals surface area contributed by atoms with E-state index in [9.17, 15) is 18.0 Å². The van der Waals surface area contributed by atoms with Crippen molar-refractivity contribution < 1.29 is 22.7 Å². The number of rotatable bonds is 10. The first-order chi connectivity index (χ1) is 22.2. The predicted octanol–water partition coefficient (Wildman–Crippen LogP) is 7.78. The van der Waals surface area contributed by atoms with Gasteiger partial charge >= 0.3 is 12.1 Å². The molecule has 0 bridgehead atoms. The van der Waals surface area contributed by atoms with Crippen molar-refractivity contribution in [1.82, 2.24) is 9.80 Å². The number of nitrogens with zero attached hydrogens (tertiary/aromatic N) is 3. The zero-order valence-corrected chi connectivity index (χ0v) is 27.3. The van der Waals surface area contributed by atoms with Crippen LogP contribution in [0.25, 0.3) is 10.8 Å². The van der Waals surface area contributed by atoms with E-state index < -0.39 is 11.7 Å². The molecule has 1 fully saturated rings. The third-order valence-electron chi connectivity index (χ3n) is 8.46. The highest BCUT2D eigenvalue weighted by molar-refractivity contribution is 8.00. The van der Waals surface area contributed by atoms with Crippen molar-refractivity contribution in [2.75, 3.05) is 63.1 Å². The highest BCUT2D eigenvalue weighted by Crippen LogP contribution is 2.49. The van der Waals surface area contributed by atoms with Crippen LogP contribution in [0, 0.1) is 0 Å². The van der Waals surface area contributed by atoms with Gasteiger partial charge in [-0.1, -0.05) is 42.1 Å². The second-order valence-electron chi connectivity index (χ2n) is 11.6. The van der Waals surface area contributed by atoms with Gasteiger partial charge in [0.2, 0.25) is 0 Å². The first-order valence-electron chi connectivity index (χ1n) is 15.5. The quantitative estimate of drug-likeness (QED) is 0.105. The maximum absolute atomic E-state index is 13.5. The van der Waals surface area contributed by atoms with Crippen LogP contribution in [0.3, 0.4) is 0 Å². The molecule has 1 atom stereocenters. The summed E-state index contributed by atoms with van der Waals surface area (Å²) in [6.45, 7) is 7.92. The fourth-order valence-corrected chi connectivity index (χ4v) is 7.91. The summed E-state index contributed by atoms with van der Waals surface area (Å²) >= 11 is 2.98. The van der Waals surface area contributed by atoms with Gasteiger partial charge in [-0.3, -0.25) is 9.69 Å². The number of halogens is 3. The van der Waals surface area contributed by atoms with Gasteiger partial charge in [-0.25, -0.2) is 0 Å². The van der Waals surface area contributed by atoms with E-state index in [1.54, 1.807) is 6.07 Å². The van der Waals surface area contributed by atoms with E-state index in [1.807, 2.05) is 72.5 Å². The fraction of sp³-hybridized carbons (Fsp3) is 0.343. The molecule has 2 heterocycles. The molecule has 11 heteroatoms. The maximum atomic E-state index is 13.5. The van der Waals surface area contributed by atoms with Crippen LogP contribution in [-0.4, -0.2) is 73.4 Å². The Morgan fingerprint density at radius 3 is 2.41 bits per heavy atom. The molecule has 0 saturated carbocycles. The molecule has 4 aromatic carbocycles. The number of nitrogen functional groups attached to an aromatic ring is 1. The Labute approximate surface area is 276 Å². The molecule has 2 aliphatic rings. The number of carbonyl (C=O) groups is 1. The highest BCUT2D eigenvalue weighted by Gasteiger charge is 2.33. The number of nitrogens with two attached hydrogens (primary N) is 1. The molecule has 0 aromatic heterocycles. The molecule has 0 spiro atoms. The van der Waals surface area contributed by atoms with E-state index in [4.69, 9.17) is 10.5 Å². The first-order valence-corrected chi connectivity index (χ1v) is 17.2. The van der Waals surface area contributed by atoms with Crippen LogP contribution >= 0.6 is 23.5 Å². The number of ether oxygens (including phenoxy) is 1. The number of anilines is 3. The van der Waals surface area contributed by atoms with Gasteiger partial charge in [-0.05, 0) is 73.8 Å². The Morgan fingerprint density at radius 1 is 0.891 bits per heavy atom. The van der Waals surface area contributed by atoms with Gasteiger partial charge in [-0.15, -0.1) is 11.8 Å². The number of thioether (sulfide) groups is 1. The lowest BCUT2D eigenvalue weighted by atomic mass is 10.1. The number of fused-ring (bicyclic) bond motifs is 3. The van der Waals surface area contributed by atoms with Crippen molar-refractivity contribution in [2.45, 2.75) is 39.5 Å². The van der Waals surface area contributed by atoms with Crippen LogP contribution in [0.1, 0.15) is 18.9 Å². The van der Waals surface area contributed by atoms with Crippen LogP contribution in [-0.2, 0) is 15.7 Å². The molecule has 1 unspecified atom stereocenters. The summed E-state index contributed by atoms with van der Waals surface area (Å²) in [5.74, 6) is -0.230. The zero-order chi connectivity index (χ0) is 32.3. The molecule has 4 aromatic rings. The molecule has 242 valence electrons. The standard InChI is InChI=1S/C35H37F3N4O2S2/c1-24(45-27-12-10-25-6-4-7-29(39)28(25)23-27)34(43)44-21-20-41-18-16-40(17-19-41)14-5-15-42-30-8-2-3-9-32(30)46-33-13-11-26(22-31(33)42)35(36,37)38/h2-4,6-13,22-24H,5,14-21,39H2,1H3. The number of hydrogen-bond donors (Lipinski definition) is 1. The van der Waals surface area contributed by atoms with E-state index in [0.29, 0.717) is 25.4 Å². The Hall–Kier alpha value is -3.38. The number of benzene rings is 4. The largest absolute Gasteiger partial charge is 0.463 e. The SMILES string of the molecule is CC(Sc1ccc2cccc(N)c2c1)C(=O)OCCN1CCN(CCCN2c3ccccc3Sc3ccc(C(F)(F)F)cc32)CC1. The number of alkyl halides is 3. The monoisotopic (exact) mass is 666 g/mol. The Bertz CT molecular complexity index is 1690. The van der Waals surface area contributed by atoms with Crippen LogP contribution in [0.5, 0.6) is 0 Å². The molecular formula is C35H37F3N4O2S2. The Kier molecular flexibility index (Phi) is 10.0. The van der Waals surface area contributed by atoms with Crippen LogP contribution in [0.15, 0.2) is 93.5 Å². The summed E-state index contributed by atoms with van der Waals surface area (Å²) in [6, 6.07) is 23.8. The number of para-hydroxylation sites is 1. The molecule has 6 rings (SSSR count). The van der Waals surface area contributed by atoms with Crippen LogP contribution < -0.4 is 10.6 Å². The summed E-state index contributed by atoms with van der Waals surface area (Å²) in [6.07, 6.45) is -3.56. The second-order valence-corrected chi connectivity index (χ2v) is 14.1. The molecular weight excluding hydrogens is 630 g/mol. The second kappa shape index (κ2) is 14.2. The van der Waals surface area contributed by atoms with Crippen molar-refractivity contribution in [2.24, 2.45) is 0 Å². The number of hydrogen-bond acceptors (Lipinski definition) is 8. The minimum absolute atomic E-state index is 0.230. The van der Waals surface area contributed by atoms with Gasteiger partial charge in [0.15, 0.2) is 0 Å². The van der Waals surface area contributed by atoms with E-state index in [0.717, 1.165) is 76.0 Å². The van der Waals surface area contributed by atoms with Gasteiger partial charge in [0.05, 0.1) is 16.9 Å². The van der Waals surface area contributed by atoms with Gasteiger partial charge in [0.1, 0.15) is 11.9 Å². The van der Waals surface area contributed by atoms with Gasteiger partial charge in [0, 0.05) is 65.0 Å². The molecule has 2 N–H and O–H groups in total. The molecule has 2 aliphatic heterocycles. The lowest BCUT2D eigenvalue weighted by Crippen LogP contribution is -2.47. The Balaban J connectivity index is 0.942. The molecule has 0 aliphatic carbocycles. The normalized spacial score (nSPS) is 16.2. The smallest absolute Gasteiger partial charge is 0.416 e. The topological polar surface area (TPSA) is 62.0 Å². The van der Waals surface area contributed by atoms with E-state index in [1.165, 1.54) is 35.7 Å². The molecule has 0 radical (unpaired) electrons. The molecule has 0 amide bonds. The predicted molar refractivity (Wildman–Crippen MR) is 181 cm³/mol. The van der Waals surface area contributed by atoms with Crippen molar-refractivity contribution in [1.29, 1.82) is 0 Å². The lowest BCUT2D eigenvalue weighted by Gasteiger charge is -2.36. The lowest BCUT2D eigenvalue weighted by molar-refractivity contribution is -0.143. The van der Waals surface area contributed by atoms with Gasteiger partial charge < -0.3 is 20.3 Å². The highest BCUT2D eigenvalue weighted by atomic mass is 32.2. The average molecular weight is 667 g/mol. The fourth-order valence-electron chi connectivity index (χ4n) is 5.93. The van der Waals surface area contributed by atoms with Crippen LogP contribution in [0.2, 0.25) is 0 Å². The summed E-state index contributed by atoms with van der Waals surface area (Å²) in [5.41, 5.74) is 7.79. The van der Waals surface area contributed by atoms with Crippen molar-refractivity contribution in [3.05, 3.63) is 84.4 Å². The van der Waals surface area contributed by atoms with Crippen molar-refractivity contribution >= 4 is 57.3 Å². The summed E-state index contributed by atoms with van der Waals surface area (Å²) < 4.78 is 46.2. The average Bonchev–Trinajstić information content (AvgIpc) is 3.04. The third-order valence-corrected chi connectivity index (χ3v) is 10.7. The Morgan fingerprint density at radius 2 is 1.63 bits per heavy atom. The molecule has 6 nitrogen and oxygen atoms in total. The van der Waals surface area contributed by atoms with Crippen molar-refractivity contribution in [3.63, 3.8) is 0 Å². The van der Waals surface area contributed by atoms with Crippen molar-refractivity contribution in [3.8, 4) is 0 Å². The van der Waals surface area contributed by atoms with E-state index >= 15 is 0 Å². The summed E-state index contributed by atoms with van der Waals surface area (Å²) in [5, 5.41) is 1.71. The van der Waals surface area contributed by atoms with Gasteiger partial charge in [-0.2, -0.15) is 13.2 Å². The summed E-state index contributed by atoms with van der Waals surface area (Å²) in [7, 11) is 0.